The smallest absolute Gasteiger partial charge is 0.256 e. The summed E-state index contributed by atoms with van der Waals surface area (Å²) in [6.07, 6.45) is 0. The Morgan fingerprint density at radius 3 is 2.52 bits per heavy atom. The maximum Gasteiger partial charge on any atom is 0.256 e. The first-order valence-corrected chi connectivity index (χ1v) is 10.7. The zero-order valence-corrected chi connectivity index (χ0v) is 18.0. The highest BCUT2D eigenvalue weighted by Crippen LogP contribution is 2.27. The van der Waals surface area contributed by atoms with Crippen molar-refractivity contribution in [1.82, 2.24) is 10.1 Å². The van der Waals surface area contributed by atoms with Crippen LogP contribution >= 0.6 is 11.8 Å². The predicted octanol–water partition coefficient (Wildman–Crippen LogP) is 5.16. The van der Waals surface area contributed by atoms with E-state index >= 15 is 0 Å². The number of carbonyl (C=O) groups excluding carboxylic acids is 1. The minimum absolute atomic E-state index is 0.138. The molecule has 2 aromatic carbocycles. The summed E-state index contributed by atoms with van der Waals surface area (Å²) in [4.78, 5) is 20.2. The third-order valence-electron chi connectivity index (χ3n) is 4.48. The fourth-order valence-electron chi connectivity index (χ4n) is 3.10. The maximum atomic E-state index is 12.8. The average molecular weight is 411 g/mol. The van der Waals surface area contributed by atoms with Gasteiger partial charge in [0.05, 0.1) is 11.3 Å². The van der Waals surface area contributed by atoms with Crippen LogP contribution in [0.15, 0.2) is 57.9 Å². The zero-order chi connectivity index (χ0) is 20.8. The molecule has 7 heteroatoms. The molecule has 152 valence electrons. The van der Waals surface area contributed by atoms with Crippen molar-refractivity contribution in [3.8, 4) is 0 Å². The molecule has 0 aliphatic rings. The van der Waals surface area contributed by atoms with E-state index in [1.807, 2.05) is 48.5 Å². The molecule has 0 atom stereocenters. The minimum Gasteiger partial charge on any atom is -0.369 e. The number of nitrogens with one attached hydrogen (secondary N) is 1. The van der Waals surface area contributed by atoms with Crippen LogP contribution in [0.25, 0.3) is 0 Å². The Hall–Kier alpha value is -2.80. The molecule has 1 heterocycles. The van der Waals surface area contributed by atoms with Crippen LogP contribution in [0.4, 0.5) is 11.4 Å². The van der Waals surface area contributed by atoms with Gasteiger partial charge < -0.3 is 14.7 Å². The van der Waals surface area contributed by atoms with E-state index in [0.29, 0.717) is 29.1 Å². The first-order chi connectivity index (χ1) is 14.0. The molecule has 0 aliphatic heterocycles. The first-order valence-electron chi connectivity index (χ1n) is 9.67. The molecule has 0 bridgehead atoms. The van der Waals surface area contributed by atoms with E-state index in [1.165, 1.54) is 11.8 Å². The van der Waals surface area contributed by atoms with E-state index in [0.717, 1.165) is 22.8 Å². The molecule has 0 aliphatic carbocycles. The Morgan fingerprint density at radius 2 is 1.90 bits per heavy atom. The van der Waals surface area contributed by atoms with E-state index in [2.05, 4.69) is 41.1 Å². The number of hydrogen-bond donors (Lipinski definition) is 1. The van der Waals surface area contributed by atoms with Crippen molar-refractivity contribution >= 4 is 29.0 Å². The molecule has 6 nitrogen and oxygen atoms in total. The molecule has 1 aromatic heterocycles. The van der Waals surface area contributed by atoms with E-state index in [-0.39, 0.29) is 5.91 Å². The van der Waals surface area contributed by atoms with Gasteiger partial charge in [0.1, 0.15) is 0 Å². The topological polar surface area (TPSA) is 71.3 Å². The normalized spacial score (nSPS) is 10.9. The fourth-order valence-corrected chi connectivity index (χ4v) is 4.00. The number of benzene rings is 2. The van der Waals surface area contributed by atoms with Crippen LogP contribution < -0.4 is 10.2 Å². The van der Waals surface area contributed by atoms with Crippen molar-refractivity contribution < 1.29 is 9.32 Å². The summed E-state index contributed by atoms with van der Waals surface area (Å²) in [5.41, 5.74) is 2.54. The predicted molar refractivity (Wildman–Crippen MR) is 118 cm³/mol. The summed E-state index contributed by atoms with van der Waals surface area (Å²) < 4.78 is 5.00. The molecule has 0 unspecified atom stereocenters. The van der Waals surface area contributed by atoms with Crippen molar-refractivity contribution in [2.24, 2.45) is 0 Å². The van der Waals surface area contributed by atoms with Gasteiger partial charge in [-0.1, -0.05) is 17.3 Å². The highest BCUT2D eigenvalue weighted by Gasteiger charge is 2.14. The third kappa shape index (κ3) is 5.38. The summed E-state index contributed by atoms with van der Waals surface area (Å²) >= 11 is 1.51. The molecule has 0 fully saturated rings. The van der Waals surface area contributed by atoms with Crippen molar-refractivity contribution in [2.75, 3.05) is 16.8 Å². The lowest BCUT2D eigenvalue weighted by molar-refractivity contribution is 0.102. The number of thioether (sulfide) groups is 1. The number of nitrogens with zero attached hydrogens (tertiary/aromatic N) is 3. The number of carbonyl (C=O) groups is 1. The quantitative estimate of drug-likeness (QED) is 0.517. The number of rotatable bonds is 8. The van der Waals surface area contributed by atoms with Gasteiger partial charge in [0.25, 0.3) is 5.91 Å². The van der Waals surface area contributed by atoms with Crippen molar-refractivity contribution in [1.29, 1.82) is 0 Å². The van der Waals surface area contributed by atoms with Gasteiger partial charge >= 0.3 is 0 Å². The maximum absolute atomic E-state index is 12.8. The number of anilines is 2. The van der Waals surface area contributed by atoms with Gasteiger partial charge in [-0.05, 0) is 57.2 Å². The van der Waals surface area contributed by atoms with E-state index < -0.39 is 0 Å². The molecule has 0 spiro atoms. The number of hydrogen-bond acceptors (Lipinski definition) is 6. The molecule has 0 radical (unpaired) electrons. The van der Waals surface area contributed by atoms with Gasteiger partial charge in [0, 0.05) is 35.8 Å². The van der Waals surface area contributed by atoms with Crippen molar-refractivity contribution in [3.05, 3.63) is 65.8 Å². The second kappa shape index (κ2) is 9.60. The lowest BCUT2D eigenvalue weighted by Crippen LogP contribution is -2.30. The first kappa shape index (κ1) is 20.9. The van der Waals surface area contributed by atoms with E-state index in [4.69, 9.17) is 4.52 Å². The Labute approximate surface area is 175 Å². The molecule has 29 heavy (non-hydrogen) atoms. The largest absolute Gasteiger partial charge is 0.369 e. The van der Waals surface area contributed by atoms with E-state index in [1.54, 1.807) is 6.92 Å². The molecule has 0 saturated heterocycles. The van der Waals surface area contributed by atoms with Crippen LogP contribution in [0.3, 0.4) is 0 Å². The molecular formula is C22H26N4O2S. The lowest BCUT2D eigenvalue weighted by atomic mass is 10.2. The van der Waals surface area contributed by atoms with E-state index in [9.17, 15) is 4.79 Å². The van der Waals surface area contributed by atoms with Gasteiger partial charge in [-0.25, -0.2) is 0 Å². The Morgan fingerprint density at radius 1 is 1.17 bits per heavy atom. The monoisotopic (exact) mass is 410 g/mol. The molecule has 1 amide bonds. The summed E-state index contributed by atoms with van der Waals surface area (Å²) in [7, 11) is 0. The van der Waals surface area contributed by atoms with Gasteiger partial charge in [-0.2, -0.15) is 4.98 Å². The summed E-state index contributed by atoms with van der Waals surface area (Å²) in [5, 5.41) is 6.90. The lowest BCUT2D eigenvalue weighted by Gasteiger charge is -2.27. The number of aryl methyl sites for hydroxylation is 1. The molecule has 0 saturated carbocycles. The standard InChI is InChI=1S/C22H26N4O2S/c1-5-26(15(2)3)18-12-10-17(11-13-18)24-22(27)19-8-6-7-9-20(19)29-14-21-23-16(4)28-25-21/h6-13,15H,5,14H2,1-4H3,(H,24,27). The summed E-state index contributed by atoms with van der Waals surface area (Å²) in [6.45, 7) is 9.18. The average Bonchev–Trinajstić information content (AvgIpc) is 3.13. The molecule has 3 aromatic rings. The molecule has 1 N–H and O–H groups in total. The molecule has 3 rings (SSSR count). The van der Waals surface area contributed by atoms with Gasteiger partial charge in [0.2, 0.25) is 5.89 Å². The third-order valence-corrected chi connectivity index (χ3v) is 5.55. The van der Waals surface area contributed by atoms with Crippen LogP contribution in [0.5, 0.6) is 0 Å². The summed E-state index contributed by atoms with van der Waals surface area (Å²) in [6, 6.07) is 15.9. The second-order valence-corrected chi connectivity index (χ2v) is 7.91. The highest BCUT2D eigenvalue weighted by atomic mass is 32.2. The Bertz CT molecular complexity index is 953. The van der Waals surface area contributed by atoms with Crippen LogP contribution in [-0.2, 0) is 5.75 Å². The number of amides is 1. The van der Waals surface area contributed by atoms with Crippen LogP contribution in [0.2, 0.25) is 0 Å². The fraction of sp³-hybridized carbons (Fsp3) is 0.318. The van der Waals surface area contributed by atoms with Gasteiger partial charge in [-0.15, -0.1) is 11.8 Å². The highest BCUT2D eigenvalue weighted by molar-refractivity contribution is 7.98. The van der Waals surface area contributed by atoms with Crippen molar-refractivity contribution in [3.63, 3.8) is 0 Å². The Kier molecular flexibility index (Phi) is 6.93. The van der Waals surface area contributed by atoms with Gasteiger partial charge in [0.15, 0.2) is 5.82 Å². The zero-order valence-electron chi connectivity index (χ0n) is 17.2. The second-order valence-electron chi connectivity index (χ2n) is 6.90. The van der Waals surface area contributed by atoms with Crippen molar-refractivity contribution in [2.45, 2.75) is 44.4 Å². The summed E-state index contributed by atoms with van der Waals surface area (Å²) in [5.74, 6) is 1.55. The number of aromatic nitrogens is 2. The minimum atomic E-state index is -0.138. The van der Waals surface area contributed by atoms with Crippen LogP contribution in [-0.4, -0.2) is 28.6 Å². The van der Waals surface area contributed by atoms with Gasteiger partial charge in [-0.3, -0.25) is 4.79 Å². The molecular weight excluding hydrogens is 384 g/mol. The SMILES string of the molecule is CCN(c1ccc(NC(=O)c2ccccc2SCc2noc(C)n2)cc1)C(C)C. The van der Waals surface area contributed by atoms with Crippen LogP contribution in [0, 0.1) is 6.92 Å². The van der Waals surface area contributed by atoms with Crippen LogP contribution in [0.1, 0.15) is 42.8 Å². The Balaban J connectivity index is 1.69.